The molecule has 1 heterocycles. The van der Waals surface area contributed by atoms with E-state index in [1.807, 2.05) is 25.9 Å². The van der Waals surface area contributed by atoms with Gasteiger partial charge in [0.1, 0.15) is 0 Å². The largest absolute Gasteiger partial charge is 0.313 e. The molecular formula is C14H32N4O2S. The van der Waals surface area contributed by atoms with Crippen LogP contribution in [0.4, 0.5) is 0 Å². The van der Waals surface area contributed by atoms with E-state index >= 15 is 0 Å². The molecule has 2 unspecified atom stereocenters. The second kappa shape index (κ2) is 8.43. The lowest BCUT2D eigenvalue weighted by atomic mass is 10.0. The molecule has 1 aliphatic heterocycles. The van der Waals surface area contributed by atoms with E-state index in [-0.39, 0.29) is 12.1 Å². The van der Waals surface area contributed by atoms with Gasteiger partial charge in [-0.05, 0) is 33.9 Å². The summed E-state index contributed by atoms with van der Waals surface area (Å²) in [6, 6.07) is 0.341. The van der Waals surface area contributed by atoms with Gasteiger partial charge in [-0.3, -0.25) is 0 Å². The van der Waals surface area contributed by atoms with E-state index in [0.717, 1.165) is 25.8 Å². The highest BCUT2D eigenvalue weighted by Crippen LogP contribution is 2.19. The van der Waals surface area contributed by atoms with Gasteiger partial charge in [0.25, 0.3) is 10.2 Å². The number of likely N-dealkylation sites (N-methyl/N-ethyl adjacent to an activating group) is 1. The molecule has 2 atom stereocenters. The average molecular weight is 321 g/mol. The van der Waals surface area contributed by atoms with Gasteiger partial charge >= 0.3 is 0 Å². The highest BCUT2D eigenvalue weighted by atomic mass is 32.2. The number of rotatable bonds is 8. The van der Waals surface area contributed by atoms with Crippen LogP contribution in [0.3, 0.4) is 0 Å². The number of nitrogens with zero attached hydrogens (tertiary/aromatic N) is 2. The summed E-state index contributed by atoms with van der Waals surface area (Å²) in [6.07, 6.45) is 2.98. The third-order valence-corrected chi connectivity index (χ3v) is 5.43. The molecule has 0 bridgehead atoms. The Morgan fingerprint density at radius 2 is 1.90 bits per heavy atom. The van der Waals surface area contributed by atoms with Gasteiger partial charge in [-0.1, -0.05) is 20.3 Å². The maximum Gasteiger partial charge on any atom is 0.280 e. The summed E-state index contributed by atoms with van der Waals surface area (Å²) in [5.74, 6) is 0. The molecule has 0 radical (unpaired) electrons. The van der Waals surface area contributed by atoms with Gasteiger partial charge in [0.2, 0.25) is 0 Å². The van der Waals surface area contributed by atoms with Crippen molar-refractivity contribution in [2.45, 2.75) is 58.2 Å². The molecule has 0 aromatic carbocycles. The summed E-state index contributed by atoms with van der Waals surface area (Å²) in [6.45, 7) is 8.11. The second-order valence-electron chi connectivity index (χ2n) is 6.61. The molecule has 6 nitrogen and oxygen atoms in total. The van der Waals surface area contributed by atoms with Crippen molar-refractivity contribution in [3.8, 4) is 0 Å². The Labute approximate surface area is 130 Å². The molecule has 0 aromatic heterocycles. The molecule has 0 spiro atoms. The summed E-state index contributed by atoms with van der Waals surface area (Å²) in [7, 11) is 0.482. The predicted octanol–water partition coefficient (Wildman–Crippen LogP) is 0.623. The Kier molecular flexibility index (Phi) is 7.56. The van der Waals surface area contributed by atoms with Crippen LogP contribution >= 0.6 is 0 Å². The maximum atomic E-state index is 12.6. The number of nitrogens with one attached hydrogen (secondary N) is 2. The number of hydrogen-bond acceptors (Lipinski definition) is 4. The highest BCUT2D eigenvalue weighted by Gasteiger charge is 2.32. The van der Waals surface area contributed by atoms with Crippen LogP contribution in [-0.2, 0) is 10.2 Å². The molecule has 1 fully saturated rings. The van der Waals surface area contributed by atoms with Gasteiger partial charge in [0.05, 0.1) is 0 Å². The molecule has 1 saturated heterocycles. The van der Waals surface area contributed by atoms with E-state index in [2.05, 4.69) is 23.9 Å². The van der Waals surface area contributed by atoms with E-state index in [0.29, 0.717) is 19.1 Å². The van der Waals surface area contributed by atoms with Crippen LogP contribution in [0.5, 0.6) is 0 Å². The van der Waals surface area contributed by atoms with Crippen molar-refractivity contribution in [1.29, 1.82) is 0 Å². The molecule has 1 aliphatic rings. The molecule has 21 heavy (non-hydrogen) atoms. The Morgan fingerprint density at radius 1 is 1.24 bits per heavy atom. The first-order valence-electron chi connectivity index (χ1n) is 7.89. The van der Waals surface area contributed by atoms with E-state index in [4.69, 9.17) is 0 Å². The Bertz CT molecular complexity index is 398. The van der Waals surface area contributed by atoms with Gasteiger partial charge in [-0.2, -0.15) is 17.4 Å². The van der Waals surface area contributed by atoms with Crippen molar-refractivity contribution in [2.24, 2.45) is 0 Å². The summed E-state index contributed by atoms with van der Waals surface area (Å²) in [5, 5.41) is 3.36. The predicted molar refractivity (Wildman–Crippen MR) is 87.6 cm³/mol. The van der Waals surface area contributed by atoms with Crippen molar-refractivity contribution in [1.82, 2.24) is 19.2 Å². The monoisotopic (exact) mass is 320 g/mol. The van der Waals surface area contributed by atoms with Crippen LogP contribution in [-0.4, -0.2) is 69.5 Å². The number of hydrogen-bond donors (Lipinski definition) is 2. The first-order valence-corrected chi connectivity index (χ1v) is 9.33. The van der Waals surface area contributed by atoms with Crippen LogP contribution in [0.2, 0.25) is 0 Å². The third kappa shape index (κ3) is 6.61. The smallest absolute Gasteiger partial charge is 0.280 e. The van der Waals surface area contributed by atoms with Crippen LogP contribution in [0, 0.1) is 0 Å². The molecule has 0 saturated carbocycles. The molecule has 7 heteroatoms. The van der Waals surface area contributed by atoms with Gasteiger partial charge < -0.3 is 10.2 Å². The first-order chi connectivity index (χ1) is 9.72. The number of piperidine rings is 1. The van der Waals surface area contributed by atoms with Crippen LogP contribution < -0.4 is 10.0 Å². The zero-order valence-corrected chi connectivity index (χ0v) is 14.9. The third-order valence-electron chi connectivity index (χ3n) is 3.63. The fourth-order valence-corrected chi connectivity index (χ4v) is 4.43. The van der Waals surface area contributed by atoms with E-state index in [9.17, 15) is 8.42 Å². The van der Waals surface area contributed by atoms with Crippen molar-refractivity contribution in [3.05, 3.63) is 0 Å². The molecule has 0 amide bonds. The lowest BCUT2D eigenvalue weighted by Crippen LogP contribution is -2.55. The maximum absolute atomic E-state index is 12.6. The van der Waals surface area contributed by atoms with Crippen molar-refractivity contribution in [2.75, 3.05) is 33.7 Å². The lowest BCUT2D eigenvalue weighted by molar-refractivity contribution is 0.237. The fourth-order valence-electron chi connectivity index (χ4n) is 2.77. The SMILES string of the molecule is CC(C)NCC1CCCCN1S(=O)(=O)NC(C)CN(C)C. The van der Waals surface area contributed by atoms with Gasteiger partial charge in [-0.15, -0.1) is 0 Å². The van der Waals surface area contributed by atoms with Crippen LogP contribution in [0.15, 0.2) is 0 Å². The Hall–Kier alpha value is -0.210. The zero-order valence-electron chi connectivity index (χ0n) is 14.1. The Morgan fingerprint density at radius 3 is 2.48 bits per heavy atom. The molecule has 2 N–H and O–H groups in total. The van der Waals surface area contributed by atoms with E-state index in [1.165, 1.54) is 0 Å². The fraction of sp³-hybridized carbons (Fsp3) is 1.00. The molecule has 126 valence electrons. The average Bonchev–Trinajstić information content (AvgIpc) is 2.34. The summed E-state index contributed by atoms with van der Waals surface area (Å²) >= 11 is 0. The standard InChI is InChI=1S/C14H32N4O2S/c1-12(2)15-10-14-8-6-7-9-18(14)21(19,20)16-13(3)11-17(4)5/h12-16H,6-11H2,1-5H3. The van der Waals surface area contributed by atoms with Gasteiger partial charge in [-0.25, -0.2) is 0 Å². The van der Waals surface area contributed by atoms with Crippen LogP contribution in [0.1, 0.15) is 40.0 Å². The quantitative estimate of drug-likeness (QED) is 0.688. The molecule has 1 rings (SSSR count). The summed E-state index contributed by atoms with van der Waals surface area (Å²) in [5.41, 5.74) is 0. The minimum Gasteiger partial charge on any atom is -0.313 e. The van der Waals surface area contributed by atoms with Crippen molar-refractivity contribution in [3.63, 3.8) is 0 Å². The minimum absolute atomic E-state index is 0.0604. The topological polar surface area (TPSA) is 64.7 Å². The Balaban J connectivity index is 2.68. The van der Waals surface area contributed by atoms with Crippen molar-refractivity contribution >= 4 is 10.2 Å². The van der Waals surface area contributed by atoms with E-state index in [1.54, 1.807) is 4.31 Å². The molecule has 0 aromatic rings. The molecule has 0 aliphatic carbocycles. The van der Waals surface area contributed by atoms with Crippen LogP contribution in [0.25, 0.3) is 0 Å². The van der Waals surface area contributed by atoms with Gasteiger partial charge in [0.15, 0.2) is 0 Å². The molecular weight excluding hydrogens is 288 g/mol. The minimum atomic E-state index is -3.41. The van der Waals surface area contributed by atoms with Gasteiger partial charge in [0, 0.05) is 37.8 Å². The lowest BCUT2D eigenvalue weighted by Gasteiger charge is -2.36. The normalized spacial score (nSPS) is 22.9. The summed E-state index contributed by atoms with van der Waals surface area (Å²) in [4.78, 5) is 1.99. The van der Waals surface area contributed by atoms with E-state index < -0.39 is 10.2 Å². The first kappa shape index (κ1) is 18.8. The van der Waals surface area contributed by atoms with Crippen molar-refractivity contribution < 1.29 is 8.42 Å². The zero-order chi connectivity index (χ0) is 16.0. The highest BCUT2D eigenvalue weighted by molar-refractivity contribution is 7.87. The second-order valence-corrected chi connectivity index (χ2v) is 8.26. The summed E-state index contributed by atoms with van der Waals surface area (Å²) < 4.78 is 29.7.